The maximum absolute atomic E-state index is 5.71. The highest BCUT2D eigenvalue weighted by Crippen LogP contribution is 2.19. The summed E-state index contributed by atoms with van der Waals surface area (Å²) in [5, 5.41) is 0. The van der Waals surface area contributed by atoms with Crippen LogP contribution >= 0.6 is 0 Å². The van der Waals surface area contributed by atoms with Crippen molar-refractivity contribution in [2.45, 2.75) is 13.0 Å². The van der Waals surface area contributed by atoms with E-state index in [0.29, 0.717) is 0 Å². The Hall–Kier alpha value is -1.83. The molecule has 0 aliphatic rings. The van der Waals surface area contributed by atoms with Gasteiger partial charge in [-0.3, -0.25) is 4.98 Å². The van der Waals surface area contributed by atoms with E-state index in [1.54, 1.807) is 18.5 Å². The minimum atomic E-state index is 0.0313. The minimum Gasteiger partial charge on any atom is -0.484 e. The van der Waals surface area contributed by atoms with E-state index in [2.05, 4.69) is 11.1 Å². The summed E-state index contributed by atoms with van der Waals surface area (Å²) >= 11 is 0. The summed E-state index contributed by atoms with van der Waals surface area (Å²) in [6, 6.07) is 14.8. The molecule has 75 valence electrons. The second kappa shape index (κ2) is 4.60. The average Bonchev–Trinajstić information content (AvgIpc) is 2.31. The van der Waals surface area contributed by atoms with E-state index in [4.69, 9.17) is 4.74 Å². The molecule has 0 spiro atoms. The summed E-state index contributed by atoms with van der Waals surface area (Å²) in [7, 11) is 0. The molecule has 0 bridgehead atoms. The van der Waals surface area contributed by atoms with E-state index in [1.807, 2.05) is 37.3 Å². The van der Waals surface area contributed by atoms with E-state index in [9.17, 15) is 0 Å². The molecule has 15 heavy (non-hydrogen) atoms. The van der Waals surface area contributed by atoms with Gasteiger partial charge in [-0.15, -0.1) is 0 Å². The largest absolute Gasteiger partial charge is 0.484 e. The van der Waals surface area contributed by atoms with Crippen LogP contribution in [0.5, 0.6) is 5.75 Å². The fourth-order valence-electron chi connectivity index (χ4n) is 1.37. The Morgan fingerprint density at radius 2 is 2.07 bits per heavy atom. The van der Waals surface area contributed by atoms with Gasteiger partial charge in [-0.1, -0.05) is 30.3 Å². The number of benzene rings is 1. The maximum atomic E-state index is 5.71. The van der Waals surface area contributed by atoms with E-state index < -0.39 is 0 Å². The first kappa shape index (κ1) is 9.71. The van der Waals surface area contributed by atoms with Crippen LogP contribution in [0.3, 0.4) is 0 Å². The minimum absolute atomic E-state index is 0.0313. The van der Waals surface area contributed by atoms with Crippen LogP contribution in [0.25, 0.3) is 0 Å². The number of ether oxygens (including phenoxy) is 1. The Morgan fingerprint density at radius 3 is 2.73 bits per heavy atom. The molecule has 2 nitrogen and oxygen atoms in total. The first-order valence-electron chi connectivity index (χ1n) is 4.89. The van der Waals surface area contributed by atoms with Crippen LogP contribution in [0.2, 0.25) is 0 Å². The van der Waals surface area contributed by atoms with E-state index >= 15 is 0 Å². The van der Waals surface area contributed by atoms with Gasteiger partial charge in [0.1, 0.15) is 11.9 Å². The molecule has 0 saturated carbocycles. The van der Waals surface area contributed by atoms with Gasteiger partial charge in [0.05, 0.1) is 6.20 Å². The molecule has 1 heterocycles. The molecule has 0 N–H and O–H groups in total. The quantitative estimate of drug-likeness (QED) is 0.756. The molecule has 1 aromatic heterocycles. The molecule has 0 saturated heterocycles. The first-order chi connectivity index (χ1) is 7.36. The highest BCUT2D eigenvalue weighted by Gasteiger charge is 2.05. The number of nitrogens with zero attached hydrogens (tertiary/aromatic N) is 1. The molecule has 1 radical (unpaired) electrons. The number of hydrogen-bond donors (Lipinski definition) is 0. The highest BCUT2D eigenvalue weighted by molar-refractivity contribution is 5.20. The zero-order valence-electron chi connectivity index (χ0n) is 8.55. The van der Waals surface area contributed by atoms with Crippen LogP contribution < -0.4 is 4.74 Å². The molecule has 1 atom stereocenters. The van der Waals surface area contributed by atoms with Crippen molar-refractivity contribution in [1.82, 2.24) is 4.98 Å². The molecule has 0 fully saturated rings. The van der Waals surface area contributed by atoms with Crippen LogP contribution in [-0.4, -0.2) is 4.98 Å². The molecule has 0 aliphatic carbocycles. The van der Waals surface area contributed by atoms with Gasteiger partial charge in [0.15, 0.2) is 0 Å². The Balaban J connectivity index is 2.08. The molecule has 0 unspecified atom stereocenters. The number of aromatic nitrogens is 1. The molecule has 0 aliphatic heterocycles. The van der Waals surface area contributed by atoms with Crippen molar-refractivity contribution in [3.63, 3.8) is 0 Å². The van der Waals surface area contributed by atoms with Crippen molar-refractivity contribution >= 4 is 0 Å². The lowest BCUT2D eigenvalue weighted by atomic mass is 10.1. The fraction of sp³-hybridized carbons (Fsp3) is 0.154. The summed E-state index contributed by atoms with van der Waals surface area (Å²) in [5.41, 5.74) is 1.15. The van der Waals surface area contributed by atoms with Gasteiger partial charge in [-0.05, 0) is 18.6 Å². The topological polar surface area (TPSA) is 22.1 Å². The van der Waals surface area contributed by atoms with Gasteiger partial charge in [0.2, 0.25) is 0 Å². The van der Waals surface area contributed by atoms with Gasteiger partial charge in [0, 0.05) is 12.3 Å². The van der Waals surface area contributed by atoms with E-state index in [1.165, 1.54) is 0 Å². The second-order valence-corrected chi connectivity index (χ2v) is 3.29. The third kappa shape index (κ3) is 2.56. The van der Waals surface area contributed by atoms with Crippen molar-refractivity contribution in [2.24, 2.45) is 0 Å². The van der Waals surface area contributed by atoms with Gasteiger partial charge in [-0.25, -0.2) is 0 Å². The van der Waals surface area contributed by atoms with E-state index in [-0.39, 0.29) is 6.10 Å². The van der Waals surface area contributed by atoms with Crippen LogP contribution in [0.1, 0.15) is 18.6 Å². The molecule has 2 aromatic rings. The lowest BCUT2D eigenvalue weighted by molar-refractivity contribution is 0.226. The van der Waals surface area contributed by atoms with Crippen molar-refractivity contribution in [3.05, 3.63) is 60.4 Å². The zero-order valence-corrected chi connectivity index (χ0v) is 8.55. The summed E-state index contributed by atoms with van der Waals surface area (Å²) in [5.74, 6) is 0.744. The van der Waals surface area contributed by atoms with Crippen molar-refractivity contribution in [1.29, 1.82) is 0 Å². The van der Waals surface area contributed by atoms with Crippen molar-refractivity contribution < 1.29 is 4.74 Å². The summed E-state index contributed by atoms with van der Waals surface area (Å²) in [4.78, 5) is 3.95. The van der Waals surface area contributed by atoms with Gasteiger partial charge in [-0.2, -0.15) is 0 Å². The van der Waals surface area contributed by atoms with Crippen molar-refractivity contribution in [3.8, 4) is 5.75 Å². The normalized spacial score (nSPS) is 12.1. The Labute approximate surface area is 89.6 Å². The van der Waals surface area contributed by atoms with Crippen LogP contribution in [-0.2, 0) is 0 Å². The molecular formula is C13H12NO. The van der Waals surface area contributed by atoms with Gasteiger partial charge < -0.3 is 4.74 Å². The number of pyridine rings is 1. The molecule has 2 heteroatoms. The molecule has 1 aromatic carbocycles. The summed E-state index contributed by atoms with van der Waals surface area (Å²) < 4.78 is 5.71. The summed E-state index contributed by atoms with van der Waals surface area (Å²) in [6.45, 7) is 2.02. The van der Waals surface area contributed by atoms with Crippen LogP contribution in [0.4, 0.5) is 0 Å². The Morgan fingerprint density at radius 1 is 1.27 bits per heavy atom. The molecule has 0 amide bonds. The Bertz CT molecular complexity index is 399. The monoisotopic (exact) mass is 198 g/mol. The van der Waals surface area contributed by atoms with Gasteiger partial charge >= 0.3 is 0 Å². The Kier molecular flexibility index (Phi) is 2.98. The third-order valence-corrected chi connectivity index (χ3v) is 2.16. The summed E-state index contributed by atoms with van der Waals surface area (Å²) in [6.07, 6.45) is 3.33. The predicted molar refractivity (Wildman–Crippen MR) is 58.6 cm³/mol. The zero-order chi connectivity index (χ0) is 10.5. The highest BCUT2D eigenvalue weighted by atomic mass is 16.5. The molecule has 2 rings (SSSR count). The van der Waals surface area contributed by atoms with E-state index in [0.717, 1.165) is 11.3 Å². The standard InChI is InChI=1S/C13H12NO/c1-11(12-6-3-2-4-7-12)15-13-8-5-9-14-10-13/h2-4,6-11H,1H3/t11-/m0/s1. The fourth-order valence-corrected chi connectivity index (χ4v) is 1.37. The predicted octanol–water partition coefficient (Wildman–Crippen LogP) is 3.02. The number of rotatable bonds is 3. The van der Waals surface area contributed by atoms with Crippen molar-refractivity contribution in [2.75, 3.05) is 0 Å². The number of hydrogen-bond acceptors (Lipinski definition) is 2. The maximum Gasteiger partial charge on any atom is 0.139 e. The lowest BCUT2D eigenvalue weighted by Crippen LogP contribution is -2.02. The average molecular weight is 198 g/mol. The lowest BCUT2D eigenvalue weighted by Gasteiger charge is -2.14. The smallest absolute Gasteiger partial charge is 0.139 e. The SMILES string of the molecule is C[C@H](Oc1c[c]cnc1)c1ccccc1. The van der Waals surface area contributed by atoms with Crippen LogP contribution in [0.15, 0.2) is 48.8 Å². The van der Waals surface area contributed by atoms with Crippen LogP contribution in [0, 0.1) is 6.07 Å². The van der Waals surface area contributed by atoms with Gasteiger partial charge in [0.25, 0.3) is 0 Å². The second-order valence-electron chi connectivity index (χ2n) is 3.29. The first-order valence-corrected chi connectivity index (χ1v) is 4.89. The molecular weight excluding hydrogens is 186 g/mol. The third-order valence-electron chi connectivity index (χ3n) is 2.16.